The standard InChI is InChI=1S/C26H23N7O2/c1-14(2)26(34)29-18-7-17(9-27-10-18)15-3-4-21-19(8-15)24(33-32-21)25-30-22-12-28-11-20(23(22)31-25)16-5-6-35-13-16/h3-4,7-14H,5-6H2,1-2H3,(H,29,34)(H,30,31)(H,32,33). The van der Waals surface area contributed by atoms with E-state index >= 15 is 0 Å². The number of imidazole rings is 1. The minimum absolute atomic E-state index is 0.0461. The number of fused-ring (bicyclic) bond motifs is 2. The fourth-order valence-corrected chi connectivity index (χ4v) is 4.19. The number of rotatable bonds is 5. The van der Waals surface area contributed by atoms with E-state index < -0.39 is 0 Å². The number of H-pyrrole nitrogens is 2. The molecule has 1 amide bonds. The van der Waals surface area contributed by atoms with E-state index in [0.29, 0.717) is 18.1 Å². The average Bonchev–Trinajstić information content (AvgIpc) is 3.62. The molecule has 35 heavy (non-hydrogen) atoms. The number of anilines is 1. The summed E-state index contributed by atoms with van der Waals surface area (Å²) in [6, 6.07) is 7.96. The number of amides is 1. The van der Waals surface area contributed by atoms with Crippen LogP contribution in [0.2, 0.25) is 0 Å². The second-order valence-corrected chi connectivity index (χ2v) is 8.87. The fraction of sp³-hybridized carbons (Fsp3) is 0.192. The molecule has 1 aromatic carbocycles. The van der Waals surface area contributed by atoms with E-state index in [2.05, 4.69) is 36.5 Å². The van der Waals surface area contributed by atoms with E-state index in [9.17, 15) is 4.79 Å². The molecular formula is C26H23N7O2. The first kappa shape index (κ1) is 21.0. The van der Waals surface area contributed by atoms with E-state index in [1.165, 1.54) is 0 Å². The number of hydrogen-bond donors (Lipinski definition) is 3. The SMILES string of the molecule is CC(C)C(=O)Nc1cncc(-c2ccc3[nH]nc(-c4nc5c(C6=COCC6)cncc5[nH]4)c3c2)c1. The average molecular weight is 466 g/mol. The van der Waals surface area contributed by atoms with Gasteiger partial charge in [-0.25, -0.2) is 4.98 Å². The molecule has 6 rings (SSSR count). The van der Waals surface area contributed by atoms with Gasteiger partial charge in [-0.1, -0.05) is 19.9 Å². The number of ether oxygens (including phenoxy) is 1. The Labute approximate surface area is 200 Å². The van der Waals surface area contributed by atoms with Gasteiger partial charge >= 0.3 is 0 Å². The number of aromatic amines is 2. The second-order valence-electron chi connectivity index (χ2n) is 8.87. The monoisotopic (exact) mass is 465 g/mol. The van der Waals surface area contributed by atoms with Crippen LogP contribution >= 0.6 is 0 Å². The lowest BCUT2D eigenvalue weighted by atomic mass is 10.0. The van der Waals surface area contributed by atoms with Crippen molar-refractivity contribution in [3.05, 3.63) is 60.9 Å². The van der Waals surface area contributed by atoms with Crippen LogP contribution in [0.1, 0.15) is 25.8 Å². The van der Waals surface area contributed by atoms with Gasteiger partial charge in [-0.05, 0) is 23.8 Å². The van der Waals surface area contributed by atoms with E-state index in [-0.39, 0.29) is 11.8 Å². The summed E-state index contributed by atoms with van der Waals surface area (Å²) >= 11 is 0. The summed E-state index contributed by atoms with van der Waals surface area (Å²) < 4.78 is 5.42. The molecule has 0 radical (unpaired) electrons. The van der Waals surface area contributed by atoms with Gasteiger partial charge in [0.2, 0.25) is 5.91 Å². The first-order valence-corrected chi connectivity index (χ1v) is 11.5. The molecule has 0 fully saturated rings. The topological polar surface area (TPSA) is 121 Å². The summed E-state index contributed by atoms with van der Waals surface area (Å²) in [5, 5.41) is 11.5. The lowest BCUT2D eigenvalue weighted by Gasteiger charge is -2.09. The zero-order valence-electron chi connectivity index (χ0n) is 19.3. The highest BCUT2D eigenvalue weighted by Crippen LogP contribution is 2.33. The quantitative estimate of drug-likeness (QED) is 0.339. The molecule has 1 aliphatic rings. The molecule has 0 saturated heterocycles. The van der Waals surface area contributed by atoms with Crippen LogP contribution in [0.25, 0.3) is 50.2 Å². The van der Waals surface area contributed by atoms with Crippen molar-refractivity contribution in [2.75, 3.05) is 11.9 Å². The molecule has 0 unspecified atom stereocenters. The van der Waals surface area contributed by atoms with E-state index in [4.69, 9.17) is 9.72 Å². The number of carbonyl (C=O) groups excluding carboxylic acids is 1. The highest BCUT2D eigenvalue weighted by atomic mass is 16.5. The van der Waals surface area contributed by atoms with Gasteiger partial charge < -0.3 is 15.0 Å². The van der Waals surface area contributed by atoms with E-state index in [0.717, 1.165) is 56.3 Å². The number of nitrogens with one attached hydrogen (secondary N) is 3. The van der Waals surface area contributed by atoms with Gasteiger partial charge in [-0.15, -0.1) is 0 Å². The molecular weight excluding hydrogens is 442 g/mol. The first-order valence-electron chi connectivity index (χ1n) is 11.5. The molecule has 4 aromatic heterocycles. The lowest BCUT2D eigenvalue weighted by Crippen LogP contribution is -2.17. The predicted molar refractivity (Wildman–Crippen MR) is 134 cm³/mol. The Bertz CT molecular complexity index is 1610. The van der Waals surface area contributed by atoms with Crippen molar-refractivity contribution in [1.82, 2.24) is 30.1 Å². The van der Waals surface area contributed by atoms with E-state index in [1.807, 2.05) is 38.2 Å². The number of hydrogen-bond acceptors (Lipinski definition) is 6. The van der Waals surface area contributed by atoms with Crippen LogP contribution < -0.4 is 5.32 Å². The third-order valence-corrected chi connectivity index (χ3v) is 6.11. The van der Waals surface area contributed by atoms with Crippen LogP contribution in [0.3, 0.4) is 0 Å². The Morgan fingerprint density at radius 3 is 2.77 bits per heavy atom. The number of aromatic nitrogens is 6. The predicted octanol–water partition coefficient (Wildman–Crippen LogP) is 4.92. The Morgan fingerprint density at radius 2 is 1.94 bits per heavy atom. The molecule has 0 saturated carbocycles. The van der Waals surface area contributed by atoms with Gasteiger partial charge in [0, 0.05) is 46.8 Å². The molecule has 1 aliphatic heterocycles. The molecule has 0 aliphatic carbocycles. The Kier molecular flexibility index (Phi) is 5.02. The maximum Gasteiger partial charge on any atom is 0.226 e. The van der Waals surface area contributed by atoms with Crippen LogP contribution in [-0.4, -0.2) is 42.6 Å². The summed E-state index contributed by atoms with van der Waals surface area (Å²) in [7, 11) is 0. The lowest BCUT2D eigenvalue weighted by molar-refractivity contribution is -0.118. The molecule has 0 bridgehead atoms. The molecule has 9 nitrogen and oxygen atoms in total. The zero-order chi connectivity index (χ0) is 23.9. The van der Waals surface area contributed by atoms with Crippen molar-refractivity contribution in [3.63, 3.8) is 0 Å². The van der Waals surface area contributed by atoms with E-state index in [1.54, 1.807) is 24.9 Å². The molecule has 3 N–H and O–H groups in total. The van der Waals surface area contributed by atoms with Crippen LogP contribution in [-0.2, 0) is 9.53 Å². The number of carbonyl (C=O) groups is 1. The van der Waals surface area contributed by atoms with Crippen molar-refractivity contribution in [3.8, 4) is 22.6 Å². The third-order valence-electron chi connectivity index (χ3n) is 6.11. The van der Waals surface area contributed by atoms with Crippen molar-refractivity contribution in [2.24, 2.45) is 5.92 Å². The molecule has 5 aromatic rings. The van der Waals surface area contributed by atoms with Gasteiger partial charge in [0.1, 0.15) is 5.69 Å². The van der Waals surface area contributed by atoms with Crippen LogP contribution in [0.15, 0.2) is 55.3 Å². The van der Waals surface area contributed by atoms with Crippen molar-refractivity contribution < 1.29 is 9.53 Å². The van der Waals surface area contributed by atoms with Gasteiger partial charge in [0.15, 0.2) is 5.82 Å². The van der Waals surface area contributed by atoms with Crippen molar-refractivity contribution in [2.45, 2.75) is 20.3 Å². The van der Waals surface area contributed by atoms with Gasteiger partial charge in [0.25, 0.3) is 0 Å². The summed E-state index contributed by atoms with van der Waals surface area (Å²) in [6.45, 7) is 4.39. The fourth-order valence-electron chi connectivity index (χ4n) is 4.19. The Balaban J connectivity index is 1.40. The maximum absolute atomic E-state index is 12.1. The molecule has 0 atom stereocenters. The normalized spacial score (nSPS) is 13.4. The van der Waals surface area contributed by atoms with Crippen LogP contribution in [0.4, 0.5) is 5.69 Å². The molecule has 5 heterocycles. The number of benzene rings is 1. The Hall–Kier alpha value is -4.53. The maximum atomic E-state index is 12.1. The van der Waals surface area contributed by atoms with Gasteiger partial charge in [-0.3, -0.25) is 19.9 Å². The third kappa shape index (κ3) is 3.80. The zero-order valence-corrected chi connectivity index (χ0v) is 19.3. The molecule has 174 valence electrons. The van der Waals surface area contributed by atoms with Crippen LogP contribution in [0, 0.1) is 5.92 Å². The Morgan fingerprint density at radius 1 is 1.06 bits per heavy atom. The van der Waals surface area contributed by atoms with Crippen molar-refractivity contribution in [1.29, 1.82) is 0 Å². The molecule has 0 spiro atoms. The van der Waals surface area contributed by atoms with Crippen molar-refractivity contribution >= 4 is 39.1 Å². The summed E-state index contributed by atoms with van der Waals surface area (Å²) in [5.74, 6) is 0.504. The summed E-state index contributed by atoms with van der Waals surface area (Å²) in [5.41, 5.74) is 7.87. The highest BCUT2D eigenvalue weighted by Gasteiger charge is 2.18. The molecule has 9 heteroatoms. The summed E-state index contributed by atoms with van der Waals surface area (Å²) in [4.78, 5) is 29.1. The minimum Gasteiger partial charge on any atom is -0.501 e. The highest BCUT2D eigenvalue weighted by molar-refractivity contribution is 5.97. The number of nitrogens with zero attached hydrogens (tertiary/aromatic N) is 4. The smallest absolute Gasteiger partial charge is 0.226 e. The van der Waals surface area contributed by atoms with Gasteiger partial charge in [-0.2, -0.15) is 5.10 Å². The second kappa shape index (κ2) is 8.35. The van der Waals surface area contributed by atoms with Crippen LogP contribution in [0.5, 0.6) is 0 Å². The summed E-state index contributed by atoms with van der Waals surface area (Å²) in [6.07, 6.45) is 9.65. The largest absolute Gasteiger partial charge is 0.501 e. The first-order chi connectivity index (χ1) is 17.1. The number of pyridine rings is 2. The van der Waals surface area contributed by atoms with Gasteiger partial charge in [0.05, 0.1) is 47.5 Å². The minimum atomic E-state index is -0.111.